The number of ether oxygens (including phenoxy) is 1. The van der Waals surface area contributed by atoms with E-state index in [0.29, 0.717) is 19.4 Å². The van der Waals surface area contributed by atoms with Crippen LogP contribution in [0.15, 0.2) is 0 Å². The summed E-state index contributed by atoms with van der Waals surface area (Å²) >= 11 is 0. The highest BCUT2D eigenvalue weighted by Crippen LogP contribution is 2.29. The van der Waals surface area contributed by atoms with E-state index in [0.717, 1.165) is 6.42 Å². The van der Waals surface area contributed by atoms with Crippen molar-refractivity contribution in [2.75, 3.05) is 55.9 Å². The molecule has 2 aliphatic heterocycles. The lowest BCUT2D eigenvalue weighted by Gasteiger charge is -2.42. The third-order valence-corrected chi connectivity index (χ3v) is 17.2. The fourth-order valence-electron chi connectivity index (χ4n) is 11.6. The van der Waals surface area contributed by atoms with E-state index < -0.39 is 149 Å². The standard InChI is InChI=1S/C63H113N11O12/c1-25-44-59(81)68(18)43(17)58(80)69(19)46(31-35(4)5)55(77)67-49(38(10)11)62(84)70(20)45(30-34(2)3)54(76)64-41(15)53(75)65-42(16)57(79)71(21)47(32-36(6)7)60(82)72(22)48(33-37(8)9)61(83)73(23)50(39(12)13)63(85)74(24)51(56(78)66-44)52-40(14)28-26-27-29-86-52/h34-52H,25-33H2,1-24H3,(H,64,76)(H,65,75)(H,66,78)(H,67,77)/t40-,41-,42+,43-,44-,45-,46+,47-,48-,49-,50-,51-,52-/m1/s1. The zero-order chi connectivity index (χ0) is 66.3. The molecule has 0 saturated carbocycles. The number of nitrogens with one attached hydrogen (secondary N) is 4. The van der Waals surface area contributed by atoms with Crippen molar-refractivity contribution in [1.29, 1.82) is 0 Å². The molecule has 13 atom stereocenters. The lowest BCUT2D eigenvalue weighted by molar-refractivity contribution is -0.158. The van der Waals surface area contributed by atoms with Gasteiger partial charge in [-0.25, -0.2) is 0 Å². The average Bonchev–Trinajstić information content (AvgIpc) is 3.22. The molecule has 0 radical (unpaired) electrons. The molecule has 0 aromatic carbocycles. The Bertz CT molecular complexity index is 2350. The molecule has 2 saturated heterocycles. The van der Waals surface area contributed by atoms with Gasteiger partial charge in [0.05, 0.1) is 6.10 Å². The maximum Gasteiger partial charge on any atom is 0.246 e. The van der Waals surface area contributed by atoms with Crippen molar-refractivity contribution in [3.05, 3.63) is 0 Å². The van der Waals surface area contributed by atoms with Crippen LogP contribution in [0.1, 0.15) is 169 Å². The second-order valence-corrected chi connectivity index (χ2v) is 27.0. The second-order valence-electron chi connectivity index (χ2n) is 27.0. The molecule has 86 heavy (non-hydrogen) atoms. The van der Waals surface area contributed by atoms with Gasteiger partial charge in [-0.15, -0.1) is 0 Å². The van der Waals surface area contributed by atoms with Gasteiger partial charge in [-0.05, 0) is 107 Å². The van der Waals surface area contributed by atoms with E-state index in [1.54, 1.807) is 34.6 Å². The van der Waals surface area contributed by atoms with Crippen LogP contribution in [0.3, 0.4) is 0 Å². The first-order chi connectivity index (χ1) is 39.8. The normalized spacial score (nSPS) is 29.7. The number of hydrogen-bond donors (Lipinski definition) is 4. The lowest BCUT2D eigenvalue weighted by atomic mass is 9.91. The maximum absolute atomic E-state index is 15.3. The van der Waals surface area contributed by atoms with Gasteiger partial charge in [0.15, 0.2) is 0 Å². The summed E-state index contributed by atoms with van der Waals surface area (Å²) in [4.78, 5) is 171. The first-order valence-electron chi connectivity index (χ1n) is 31.5. The summed E-state index contributed by atoms with van der Waals surface area (Å²) < 4.78 is 6.42. The predicted octanol–water partition coefficient (Wildman–Crippen LogP) is 3.90. The van der Waals surface area contributed by atoms with Crippen molar-refractivity contribution < 1.29 is 57.5 Å². The molecular formula is C63H113N11O12. The molecule has 492 valence electrons. The first kappa shape index (κ1) is 76.2. The molecule has 23 heteroatoms. The van der Waals surface area contributed by atoms with E-state index in [2.05, 4.69) is 21.3 Å². The summed E-state index contributed by atoms with van der Waals surface area (Å²) in [6.45, 7) is 30.5. The van der Waals surface area contributed by atoms with Gasteiger partial charge >= 0.3 is 0 Å². The van der Waals surface area contributed by atoms with Crippen LogP contribution in [0.5, 0.6) is 0 Å². The van der Waals surface area contributed by atoms with Crippen LogP contribution in [0.4, 0.5) is 0 Å². The van der Waals surface area contributed by atoms with Gasteiger partial charge in [-0.1, -0.05) is 103 Å². The molecule has 4 N–H and O–H groups in total. The summed E-state index contributed by atoms with van der Waals surface area (Å²) in [5.41, 5.74) is 0. The lowest BCUT2D eigenvalue weighted by Crippen LogP contribution is -2.64. The molecule has 11 amide bonds. The zero-order valence-electron chi connectivity index (χ0n) is 56.9. The summed E-state index contributed by atoms with van der Waals surface area (Å²) in [6, 6.07) is -12.9. The Morgan fingerprint density at radius 1 is 0.419 bits per heavy atom. The molecule has 0 spiro atoms. The van der Waals surface area contributed by atoms with Gasteiger partial charge in [0.25, 0.3) is 0 Å². The van der Waals surface area contributed by atoms with Crippen LogP contribution in [0.25, 0.3) is 0 Å². The fourth-order valence-corrected chi connectivity index (χ4v) is 11.6. The van der Waals surface area contributed by atoms with E-state index in [9.17, 15) is 33.6 Å². The number of carbonyl (C=O) groups is 11. The van der Waals surface area contributed by atoms with E-state index >= 15 is 19.2 Å². The van der Waals surface area contributed by atoms with Crippen molar-refractivity contribution in [2.24, 2.45) is 41.4 Å². The van der Waals surface area contributed by atoms with E-state index in [1.165, 1.54) is 104 Å². The van der Waals surface area contributed by atoms with Gasteiger partial charge in [-0.2, -0.15) is 0 Å². The van der Waals surface area contributed by atoms with Gasteiger partial charge < -0.3 is 60.3 Å². The highest BCUT2D eigenvalue weighted by molar-refractivity contribution is 6.00. The number of hydrogen-bond acceptors (Lipinski definition) is 12. The Morgan fingerprint density at radius 2 is 0.849 bits per heavy atom. The topological polar surface area (TPSA) is 268 Å². The van der Waals surface area contributed by atoms with Gasteiger partial charge in [-0.3, -0.25) is 52.7 Å². The van der Waals surface area contributed by atoms with E-state index in [1.807, 2.05) is 62.3 Å². The number of carbonyl (C=O) groups excluding carboxylic acids is 11. The maximum atomic E-state index is 15.3. The van der Waals surface area contributed by atoms with Crippen molar-refractivity contribution in [2.45, 2.75) is 242 Å². The highest BCUT2D eigenvalue weighted by atomic mass is 16.5. The van der Waals surface area contributed by atoms with Crippen molar-refractivity contribution in [3.63, 3.8) is 0 Å². The molecule has 2 rings (SSSR count). The zero-order valence-corrected chi connectivity index (χ0v) is 56.9. The molecule has 0 aromatic heterocycles. The van der Waals surface area contributed by atoms with E-state index in [4.69, 9.17) is 4.74 Å². The van der Waals surface area contributed by atoms with Crippen LogP contribution in [-0.4, -0.2) is 228 Å². The van der Waals surface area contributed by atoms with Gasteiger partial charge in [0.2, 0.25) is 65.0 Å². The SMILES string of the molecule is CC[C@H]1NC(=O)[C@@H]([C@@H]2OCCCC[C@H]2C)N(C)C(=O)[C@@H](C(C)C)N(C)C(=O)[C@@H](CC(C)C)N(C)C(=O)[C@@H](CC(C)C)N(C)C(=O)[C@H](C)NC(=O)[C@@H](C)NC(=O)[C@@H](CC(C)C)N(C)C(=O)[C@@H](C(C)C)NC(=O)[C@H](CC(C)C)N(C)C(=O)[C@@H](C)N(C)C1=O. The molecule has 2 fully saturated rings. The Labute approximate surface area is 515 Å². The first-order valence-corrected chi connectivity index (χ1v) is 31.5. The molecule has 2 heterocycles. The summed E-state index contributed by atoms with van der Waals surface area (Å²) in [5.74, 6) is -8.63. The summed E-state index contributed by atoms with van der Waals surface area (Å²) in [7, 11) is 10.3. The third-order valence-electron chi connectivity index (χ3n) is 17.2. The Morgan fingerprint density at radius 3 is 1.31 bits per heavy atom. The number of amides is 11. The minimum absolute atomic E-state index is 0.0820. The monoisotopic (exact) mass is 1220 g/mol. The van der Waals surface area contributed by atoms with Crippen LogP contribution in [0, 0.1) is 41.4 Å². The van der Waals surface area contributed by atoms with Crippen LogP contribution >= 0.6 is 0 Å². The molecular weight excluding hydrogens is 1100 g/mol. The number of nitrogens with zero attached hydrogens (tertiary/aromatic N) is 7. The fraction of sp³-hybridized carbons (Fsp3) is 0.825. The van der Waals surface area contributed by atoms with Crippen LogP contribution < -0.4 is 21.3 Å². The van der Waals surface area contributed by atoms with Crippen LogP contribution in [0.2, 0.25) is 0 Å². The number of likely N-dealkylation sites (N-methyl/N-ethyl adjacent to an activating group) is 7. The molecule has 0 unspecified atom stereocenters. The summed E-state index contributed by atoms with van der Waals surface area (Å²) in [5, 5.41) is 11.2. The molecule has 0 bridgehead atoms. The molecule has 23 nitrogen and oxygen atoms in total. The van der Waals surface area contributed by atoms with Crippen molar-refractivity contribution >= 4 is 65.0 Å². The Kier molecular flexibility index (Phi) is 30.2. The van der Waals surface area contributed by atoms with Crippen LogP contribution in [-0.2, 0) is 57.5 Å². The Hall–Kier alpha value is -5.87. The smallest absolute Gasteiger partial charge is 0.246 e. The summed E-state index contributed by atoms with van der Waals surface area (Å²) in [6.07, 6.45) is 2.14. The highest BCUT2D eigenvalue weighted by Gasteiger charge is 2.47. The third kappa shape index (κ3) is 20.1. The molecule has 0 aromatic rings. The quantitative estimate of drug-likeness (QED) is 0.217. The minimum atomic E-state index is -1.30. The Balaban J connectivity index is 2.99. The van der Waals surface area contributed by atoms with E-state index in [-0.39, 0.29) is 61.7 Å². The molecule has 2 aliphatic rings. The van der Waals surface area contributed by atoms with Gasteiger partial charge in [0, 0.05) is 55.9 Å². The second kappa shape index (κ2) is 34.0. The predicted molar refractivity (Wildman–Crippen MR) is 331 cm³/mol. The minimum Gasteiger partial charge on any atom is -0.375 e. The number of rotatable bonds is 12. The average molecular weight is 1220 g/mol. The van der Waals surface area contributed by atoms with Crippen molar-refractivity contribution in [3.8, 4) is 0 Å². The molecule has 0 aliphatic carbocycles. The van der Waals surface area contributed by atoms with Gasteiger partial charge in [0.1, 0.15) is 66.5 Å². The largest absolute Gasteiger partial charge is 0.375 e. The van der Waals surface area contributed by atoms with Crippen molar-refractivity contribution in [1.82, 2.24) is 55.6 Å².